The Labute approximate surface area is 100 Å². The van der Waals surface area contributed by atoms with Gasteiger partial charge in [0.2, 0.25) is 5.82 Å². The van der Waals surface area contributed by atoms with Crippen molar-refractivity contribution >= 4 is 5.91 Å². The number of H-pyrrole nitrogens is 1. The van der Waals surface area contributed by atoms with Crippen molar-refractivity contribution < 1.29 is 4.79 Å². The number of rotatable bonds is 6. The van der Waals surface area contributed by atoms with E-state index in [1.54, 1.807) is 17.1 Å². The van der Waals surface area contributed by atoms with Crippen LogP contribution in [0.4, 0.5) is 0 Å². The summed E-state index contributed by atoms with van der Waals surface area (Å²) in [6, 6.07) is 0. The van der Waals surface area contributed by atoms with Gasteiger partial charge in [-0.15, -0.1) is 18.3 Å². The number of hydrogen-bond donors (Lipinski definition) is 1. The van der Waals surface area contributed by atoms with Gasteiger partial charge < -0.3 is 4.90 Å². The lowest BCUT2D eigenvalue weighted by atomic mass is 10.4. The molecule has 0 saturated heterocycles. The van der Waals surface area contributed by atoms with Gasteiger partial charge in [0.1, 0.15) is 5.82 Å². The van der Waals surface area contributed by atoms with Crippen molar-refractivity contribution in [2.45, 2.75) is 18.8 Å². The molecule has 1 aromatic heterocycles. The van der Waals surface area contributed by atoms with E-state index in [1.165, 1.54) is 0 Å². The summed E-state index contributed by atoms with van der Waals surface area (Å²) in [4.78, 5) is 17.9. The molecule has 0 radical (unpaired) electrons. The van der Waals surface area contributed by atoms with Crippen LogP contribution in [0.2, 0.25) is 0 Å². The van der Waals surface area contributed by atoms with E-state index in [1.807, 2.05) is 0 Å². The van der Waals surface area contributed by atoms with Gasteiger partial charge in [0.25, 0.3) is 5.91 Å². The summed E-state index contributed by atoms with van der Waals surface area (Å²) >= 11 is 0. The minimum Gasteiger partial charge on any atom is -0.328 e. The van der Waals surface area contributed by atoms with Crippen molar-refractivity contribution in [1.29, 1.82) is 0 Å². The highest BCUT2D eigenvalue weighted by Crippen LogP contribution is 2.37. The van der Waals surface area contributed by atoms with Gasteiger partial charge in [-0.25, -0.2) is 4.98 Å². The summed E-state index contributed by atoms with van der Waals surface area (Å²) < 4.78 is 0. The second-order valence-corrected chi connectivity index (χ2v) is 4.11. The van der Waals surface area contributed by atoms with Crippen LogP contribution in [0, 0.1) is 0 Å². The third-order valence-corrected chi connectivity index (χ3v) is 2.64. The maximum atomic E-state index is 12.1. The van der Waals surface area contributed by atoms with Crippen molar-refractivity contribution in [2.24, 2.45) is 0 Å². The minimum atomic E-state index is -0.187. The number of nitrogens with zero attached hydrogens (tertiary/aromatic N) is 3. The molecule has 1 fully saturated rings. The molecule has 17 heavy (non-hydrogen) atoms. The van der Waals surface area contributed by atoms with Crippen LogP contribution >= 0.6 is 0 Å². The van der Waals surface area contributed by atoms with Gasteiger partial charge in [-0.05, 0) is 12.8 Å². The molecule has 0 bridgehead atoms. The summed E-state index contributed by atoms with van der Waals surface area (Å²) in [6.07, 6.45) is 5.61. The van der Waals surface area contributed by atoms with E-state index in [9.17, 15) is 4.79 Å². The van der Waals surface area contributed by atoms with Crippen LogP contribution in [-0.4, -0.2) is 39.1 Å². The minimum absolute atomic E-state index is 0.187. The third kappa shape index (κ3) is 2.61. The first-order valence-electron chi connectivity index (χ1n) is 5.69. The maximum Gasteiger partial charge on any atom is 0.294 e. The topological polar surface area (TPSA) is 61.9 Å². The van der Waals surface area contributed by atoms with Crippen LogP contribution in [0.5, 0.6) is 0 Å². The Morgan fingerprint density at radius 3 is 2.59 bits per heavy atom. The van der Waals surface area contributed by atoms with Crippen molar-refractivity contribution in [3.8, 4) is 0 Å². The highest BCUT2D eigenvalue weighted by molar-refractivity contribution is 5.90. The van der Waals surface area contributed by atoms with Crippen molar-refractivity contribution in [1.82, 2.24) is 20.1 Å². The molecular weight excluding hydrogens is 216 g/mol. The Kier molecular flexibility index (Phi) is 3.37. The monoisotopic (exact) mass is 232 g/mol. The highest BCUT2D eigenvalue weighted by Gasteiger charge is 2.28. The van der Waals surface area contributed by atoms with Crippen LogP contribution in [0.1, 0.15) is 35.2 Å². The summed E-state index contributed by atoms with van der Waals surface area (Å²) in [5, 5.41) is 6.79. The van der Waals surface area contributed by atoms with E-state index in [4.69, 9.17) is 0 Å². The first-order valence-corrected chi connectivity index (χ1v) is 5.69. The fraction of sp³-hybridized carbons (Fsp3) is 0.417. The molecule has 1 aliphatic carbocycles. The van der Waals surface area contributed by atoms with Gasteiger partial charge in [-0.1, -0.05) is 12.2 Å². The maximum absolute atomic E-state index is 12.1. The first-order chi connectivity index (χ1) is 8.26. The van der Waals surface area contributed by atoms with E-state index in [2.05, 4.69) is 28.3 Å². The number of carbonyl (C=O) groups excluding carboxylic acids is 1. The zero-order valence-electron chi connectivity index (χ0n) is 9.72. The largest absolute Gasteiger partial charge is 0.328 e. The van der Waals surface area contributed by atoms with Crippen molar-refractivity contribution in [3.63, 3.8) is 0 Å². The molecule has 1 heterocycles. The molecule has 1 N–H and O–H groups in total. The second-order valence-electron chi connectivity index (χ2n) is 4.11. The molecule has 0 aromatic carbocycles. The average molecular weight is 232 g/mol. The second kappa shape index (κ2) is 4.95. The van der Waals surface area contributed by atoms with Crippen molar-refractivity contribution in [2.75, 3.05) is 13.1 Å². The van der Waals surface area contributed by atoms with Gasteiger partial charge >= 0.3 is 0 Å². The lowest BCUT2D eigenvalue weighted by Crippen LogP contribution is -2.32. The molecular formula is C12H16N4O. The molecule has 2 rings (SSSR count). The molecule has 5 nitrogen and oxygen atoms in total. The normalized spacial score (nSPS) is 14.4. The Morgan fingerprint density at radius 1 is 1.41 bits per heavy atom. The summed E-state index contributed by atoms with van der Waals surface area (Å²) in [5.74, 6) is 1.34. The number of carbonyl (C=O) groups is 1. The number of aromatic nitrogens is 3. The Bertz CT molecular complexity index is 423. The van der Waals surface area contributed by atoms with E-state index >= 15 is 0 Å². The van der Waals surface area contributed by atoms with Gasteiger partial charge in [0, 0.05) is 19.0 Å². The smallest absolute Gasteiger partial charge is 0.294 e. The average Bonchev–Trinajstić information content (AvgIpc) is 3.06. The predicted molar refractivity (Wildman–Crippen MR) is 64.7 cm³/mol. The van der Waals surface area contributed by atoms with Crippen LogP contribution in [0.25, 0.3) is 0 Å². The lowest BCUT2D eigenvalue weighted by molar-refractivity contribution is 0.0779. The Hall–Kier alpha value is -1.91. The van der Waals surface area contributed by atoms with Crippen LogP contribution in [0.3, 0.4) is 0 Å². The third-order valence-electron chi connectivity index (χ3n) is 2.64. The molecule has 5 heteroatoms. The van der Waals surface area contributed by atoms with Gasteiger partial charge in [-0.3, -0.25) is 9.89 Å². The van der Waals surface area contributed by atoms with Crippen molar-refractivity contribution in [3.05, 3.63) is 37.0 Å². The number of nitrogens with one attached hydrogen (secondary N) is 1. The van der Waals surface area contributed by atoms with E-state index in [-0.39, 0.29) is 11.7 Å². The molecule has 1 saturated carbocycles. The Balaban J connectivity index is 2.09. The number of amides is 1. The van der Waals surface area contributed by atoms with Crippen LogP contribution in [0.15, 0.2) is 25.3 Å². The van der Waals surface area contributed by atoms with Gasteiger partial charge in [0.05, 0.1) is 0 Å². The SMILES string of the molecule is C=CCN(CC=C)C(=O)c1n[nH]c(C2CC2)n1. The number of hydrogen-bond acceptors (Lipinski definition) is 3. The lowest BCUT2D eigenvalue weighted by Gasteiger charge is -2.16. The molecule has 0 aliphatic heterocycles. The molecule has 1 aliphatic rings. The predicted octanol–water partition coefficient (Wildman–Crippen LogP) is 1.50. The molecule has 1 amide bonds. The zero-order chi connectivity index (χ0) is 12.3. The summed E-state index contributed by atoms with van der Waals surface area (Å²) in [5.41, 5.74) is 0. The standard InChI is InChI=1S/C12H16N4O/c1-3-7-16(8-4-2)12(17)11-13-10(14-15-11)9-5-6-9/h3-4,9H,1-2,5-8H2,(H,13,14,15). The fourth-order valence-electron chi connectivity index (χ4n) is 1.60. The van der Waals surface area contributed by atoms with E-state index in [0.29, 0.717) is 19.0 Å². The molecule has 1 aromatic rings. The molecule has 0 atom stereocenters. The molecule has 0 unspecified atom stereocenters. The van der Waals surface area contributed by atoms with Gasteiger partial charge in [0.15, 0.2) is 0 Å². The van der Waals surface area contributed by atoms with Gasteiger partial charge in [-0.2, -0.15) is 0 Å². The molecule has 0 spiro atoms. The number of aromatic amines is 1. The van der Waals surface area contributed by atoms with E-state index in [0.717, 1.165) is 18.7 Å². The Morgan fingerprint density at radius 2 is 2.06 bits per heavy atom. The zero-order valence-corrected chi connectivity index (χ0v) is 9.72. The van der Waals surface area contributed by atoms with Crippen LogP contribution < -0.4 is 0 Å². The summed E-state index contributed by atoms with van der Waals surface area (Å²) in [7, 11) is 0. The molecule has 90 valence electrons. The summed E-state index contributed by atoms with van der Waals surface area (Å²) in [6.45, 7) is 8.19. The van der Waals surface area contributed by atoms with Crippen LogP contribution in [-0.2, 0) is 0 Å². The highest BCUT2D eigenvalue weighted by atomic mass is 16.2. The quantitative estimate of drug-likeness (QED) is 0.756. The van der Waals surface area contributed by atoms with E-state index < -0.39 is 0 Å². The first kappa shape index (κ1) is 11.6. The fourth-order valence-corrected chi connectivity index (χ4v) is 1.60.